The van der Waals surface area contributed by atoms with Crippen molar-refractivity contribution in [2.24, 2.45) is 5.41 Å². The monoisotopic (exact) mass is 274 g/mol. The van der Waals surface area contributed by atoms with Gasteiger partial charge in [-0.1, -0.05) is 71.0 Å². The average Bonchev–Trinajstić information content (AvgIpc) is 2.36. The Hall–Kier alpha value is -1.08. The van der Waals surface area contributed by atoms with Crippen LogP contribution >= 0.6 is 0 Å². The molecule has 1 aromatic rings. The summed E-state index contributed by atoms with van der Waals surface area (Å²) in [6.07, 6.45) is 5.52. The van der Waals surface area contributed by atoms with Crippen LogP contribution in [0.4, 0.5) is 0 Å². The number of allylic oxidation sites excluding steroid dienone is 1. The van der Waals surface area contributed by atoms with E-state index in [4.69, 9.17) is 4.74 Å². The summed E-state index contributed by atoms with van der Waals surface area (Å²) >= 11 is 0. The lowest BCUT2D eigenvalue weighted by Gasteiger charge is -2.22. The maximum atomic E-state index is 5.53. The van der Waals surface area contributed by atoms with Gasteiger partial charge >= 0.3 is 0 Å². The van der Waals surface area contributed by atoms with Crippen molar-refractivity contribution in [1.82, 2.24) is 0 Å². The van der Waals surface area contributed by atoms with Crippen LogP contribution in [-0.2, 0) is 10.2 Å². The molecule has 0 aromatic heterocycles. The Morgan fingerprint density at radius 2 is 1.80 bits per heavy atom. The maximum Gasteiger partial charge on any atom is 0.0519 e. The van der Waals surface area contributed by atoms with Gasteiger partial charge in [-0.2, -0.15) is 0 Å². The molecule has 0 bridgehead atoms. The van der Waals surface area contributed by atoms with Crippen LogP contribution in [0.1, 0.15) is 59.1 Å². The number of ether oxygens (including phenoxy) is 1. The first-order valence-electron chi connectivity index (χ1n) is 7.59. The van der Waals surface area contributed by atoms with E-state index in [1.54, 1.807) is 0 Å². The van der Waals surface area contributed by atoms with Crippen molar-refractivity contribution >= 4 is 6.08 Å². The Morgan fingerprint density at radius 1 is 1.10 bits per heavy atom. The summed E-state index contributed by atoms with van der Waals surface area (Å²) in [5.41, 5.74) is 3.07. The molecule has 0 heterocycles. The van der Waals surface area contributed by atoms with Crippen molar-refractivity contribution in [1.29, 1.82) is 0 Å². The quantitative estimate of drug-likeness (QED) is 0.670. The molecule has 0 spiro atoms. The average molecular weight is 274 g/mol. The fourth-order valence-corrected chi connectivity index (χ4v) is 2.06. The SMILES string of the molecule is CCOCC(C)(C)C/C=C/c1cccc(C(C)(C)C)c1. The Bertz CT molecular complexity index is 435. The summed E-state index contributed by atoms with van der Waals surface area (Å²) < 4.78 is 5.53. The zero-order valence-corrected chi connectivity index (χ0v) is 14.0. The first-order valence-corrected chi connectivity index (χ1v) is 7.59. The van der Waals surface area contributed by atoms with Gasteiger partial charge in [-0.05, 0) is 35.3 Å². The molecule has 0 amide bonds. The Labute approximate surface area is 125 Å². The van der Waals surface area contributed by atoms with Crippen molar-refractivity contribution in [2.75, 3.05) is 13.2 Å². The van der Waals surface area contributed by atoms with Crippen molar-refractivity contribution in [2.45, 2.75) is 53.4 Å². The lowest BCUT2D eigenvalue weighted by molar-refractivity contribution is 0.0725. The Kier molecular flexibility index (Phi) is 6.01. The van der Waals surface area contributed by atoms with Crippen LogP contribution in [0, 0.1) is 5.41 Å². The minimum Gasteiger partial charge on any atom is -0.381 e. The number of rotatable bonds is 6. The minimum atomic E-state index is 0.203. The highest BCUT2D eigenvalue weighted by atomic mass is 16.5. The molecule has 0 saturated heterocycles. The van der Waals surface area contributed by atoms with Crippen LogP contribution in [-0.4, -0.2) is 13.2 Å². The summed E-state index contributed by atoms with van der Waals surface area (Å²) in [6, 6.07) is 8.80. The van der Waals surface area contributed by atoms with Crippen LogP contribution in [0.3, 0.4) is 0 Å². The first kappa shape index (κ1) is 17.0. The summed E-state index contributed by atoms with van der Waals surface area (Å²) in [5.74, 6) is 0. The molecule has 0 saturated carbocycles. The highest BCUT2D eigenvalue weighted by Gasteiger charge is 2.16. The van der Waals surface area contributed by atoms with Gasteiger partial charge in [0.25, 0.3) is 0 Å². The van der Waals surface area contributed by atoms with Gasteiger partial charge in [0.1, 0.15) is 0 Å². The summed E-state index contributed by atoms with van der Waals surface area (Å²) in [5, 5.41) is 0. The molecule has 1 nitrogen and oxygen atoms in total. The van der Waals surface area contributed by atoms with E-state index in [1.165, 1.54) is 11.1 Å². The van der Waals surface area contributed by atoms with E-state index < -0.39 is 0 Å². The molecule has 0 aliphatic carbocycles. The summed E-state index contributed by atoms with van der Waals surface area (Å²) in [4.78, 5) is 0. The zero-order valence-electron chi connectivity index (χ0n) is 14.0. The van der Waals surface area contributed by atoms with Crippen LogP contribution in [0.5, 0.6) is 0 Å². The fraction of sp³-hybridized carbons (Fsp3) is 0.579. The standard InChI is InChI=1S/C19H30O/c1-7-20-15-19(5,6)13-9-11-16-10-8-12-17(14-16)18(2,3)4/h8-12,14H,7,13,15H2,1-6H3/b11-9+. The van der Waals surface area contributed by atoms with E-state index >= 15 is 0 Å². The number of hydrogen-bond acceptors (Lipinski definition) is 1. The molecule has 112 valence electrons. The molecule has 0 fully saturated rings. The maximum absolute atomic E-state index is 5.53. The lowest BCUT2D eigenvalue weighted by atomic mass is 9.86. The molecule has 0 unspecified atom stereocenters. The third-order valence-corrected chi connectivity index (χ3v) is 3.43. The second kappa shape index (κ2) is 7.08. The summed E-state index contributed by atoms with van der Waals surface area (Å²) in [7, 11) is 0. The number of benzene rings is 1. The van der Waals surface area contributed by atoms with Gasteiger partial charge in [0.15, 0.2) is 0 Å². The van der Waals surface area contributed by atoms with Crippen LogP contribution in [0.2, 0.25) is 0 Å². The van der Waals surface area contributed by atoms with E-state index in [2.05, 4.69) is 71.0 Å². The molecule has 0 atom stereocenters. The topological polar surface area (TPSA) is 9.23 Å². The van der Waals surface area contributed by atoms with Gasteiger partial charge in [-0.15, -0.1) is 0 Å². The third kappa shape index (κ3) is 5.92. The molecular formula is C19H30O. The van der Waals surface area contributed by atoms with Crippen molar-refractivity contribution < 1.29 is 4.74 Å². The van der Waals surface area contributed by atoms with Crippen LogP contribution in [0.25, 0.3) is 6.08 Å². The van der Waals surface area contributed by atoms with Gasteiger partial charge in [-0.25, -0.2) is 0 Å². The first-order chi connectivity index (χ1) is 9.24. The predicted octanol–water partition coefficient (Wildman–Crippen LogP) is 5.45. The minimum absolute atomic E-state index is 0.203. The van der Waals surface area contributed by atoms with Crippen LogP contribution < -0.4 is 0 Å². The number of hydrogen-bond donors (Lipinski definition) is 0. The molecule has 20 heavy (non-hydrogen) atoms. The molecule has 1 heteroatoms. The van der Waals surface area contributed by atoms with E-state index in [-0.39, 0.29) is 10.8 Å². The Morgan fingerprint density at radius 3 is 2.40 bits per heavy atom. The van der Waals surface area contributed by atoms with E-state index in [9.17, 15) is 0 Å². The molecule has 1 aromatic carbocycles. The zero-order chi connectivity index (χ0) is 15.2. The lowest BCUT2D eigenvalue weighted by Crippen LogP contribution is -2.18. The highest BCUT2D eigenvalue weighted by molar-refractivity contribution is 5.51. The van der Waals surface area contributed by atoms with Gasteiger partial charge in [-0.3, -0.25) is 0 Å². The Balaban J connectivity index is 2.67. The highest BCUT2D eigenvalue weighted by Crippen LogP contribution is 2.25. The van der Waals surface area contributed by atoms with Crippen molar-refractivity contribution in [3.05, 3.63) is 41.5 Å². The van der Waals surface area contributed by atoms with E-state index in [0.29, 0.717) is 0 Å². The van der Waals surface area contributed by atoms with Gasteiger partial charge < -0.3 is 4.74 Å². The van der Waals surface area contributed by atoms with Gasteiger partial charge in [0, 0.05) is 6.61 Å². The fourth-order valence-electron chi connectivity index (χ4n) is 2.06. The molecular weight excluding hydrogens is 244 g/mol. The van der Waals surface area contributed by atoms with Crippen molar-refractivity contribution in [3.63, 3.8) is 0 Å². The molecule has 1 rings (SSSR count). The molecule has 0 aliphatic rings. The molecule has 0 N–H and O–H groups in total. The normalized spacial score (nSPS) is 13.1. The second-order valence-corrected chi connectivity index (χ2v) is 7.28. The largest absolute Gasteiger partial charge is 0.381 e. The second-order valence-electron chi connectivity index (χ2n) is 7.28. The van der Waals surface area contributed by atoms with Crippen LogP contribution in [0.15, 0.2) is 30.3 Å². The van der Waals surface area contributed by atoms with Gasteiger partial charge in [0.2, 0.25) is 0 Å². The van der Waals surface area contributed by atoms with Gasteiger partial charge in [0.05, 0.1) is 6.61 Å². The molecule has 0 aliphatic heterocycles. The van der Waals surface area contributed by atoms with E-state index in [1.807, 2.05) is 6.92 Å². The smallest absolute Gasteiger partial charge is 0.0519 e. The van der Waals surface area contributed by atoms with Crippen molar-refractivity contribution in [3.8, 4) is 0 Å². The molecule has 0 radical (unpaired) electrons. The predicted molar refractivity (Wildman–Crippen MR) is 89.1 cm³/mol. The third-order valence-electron chi connectivity index (χ3n) is 3.43. The summed E-state index contributed by atoms with van der Waals surface area (Å²) in [6.45, 7) is 14.9. The van der Waals surface area contributed by atoms with E-state index in [0.717, 1.165) is 19.6 Å².